The fraction of sp³-hybridized carbons (Fsp3) is 0.111. The van der Waals surface area contributed by atoms with Crippen LogP contribution in [0.1, 0.15) is 20.1 Å². The Balaban J connectivity index is 1.72. The van der Waals surface area contributed by atoms with E-state index in [0.717, 1.165) is 4.88 Å². The number of hydrogen-bond donors (Lipinski definition) is 3. The molecule has 3 aromatic rings. The van der Waals surface area contributed by atoms with Crippen LogP contribution in [0.2, 0.25) is 0 Å². The van der Waals surface area contributed by atoms with Crippen LogP contribution in [0.3, 0.4) is 0 Å². The van der Waals surface area contributed by atoms with Crippen LogP contribution in [0.15, 0.2) is 48.7 Å². The molecule has 0 aliphatic carbocycles. The van der Waals surface area contributed by atoms with E-state index in [0.29, 0.717) is 27.6 Å². The van der Waals surface area contributed by atoms with Gasteiger partial charge in [0.25, 0.3) is 5.91 Å². The Morgan fingerprint density at radius 2 is 2.12 bits per heavy atom. The first-order valence-electron chi connectivity index (χ1n) is 7.63. The summed E-state index contributed by atoms with van der Waals surface area (Å²) in [4.78, 5) is 17.9. The van der Waals surface area contributed by atoms with Gasteiger partial charge in [-0.05, 0) is 49.4 Å². The van der Waals surface area contributed by atoms with Crippen LogP contribution in [-0.2, 0) is 6.54 Å². The predicted molar refractivity (Wildman–Crippen MR) is 99.4 cm³/mol. The van der Waals surface area contributed by atoms with Crippen LogP contribution in [0.4, 0.5) is 21.6 Å². The third kappa shape index (κ3) is 4.13. The SMILES string of the molecule is Cc1ccc(C(=O)Nc2ccc(F)c(CNc3cccnc3N)c2)s1. The van der Waals surface area contributed by atoms with Crippen molar-refractivity contribution in [3.05, 3.63) is 69.8 Å². The molecule has 0 saturated heterocycles. The second-order valence-electron chi connectivity index (χ2n) is 5.46. The molecule has 0 bridgehead atoms. The van der Waals surface area contributed by atoms with Gasteiger partial charge in [0.05, 0.1) is 10.6 Å². The number of nitrogen functional groups attached to an aromatic ring is 1. The first-order chi connectivity index (χ1) is 12.0. The monoisotopic (exact) mass is 356 g/mol. The van der Waals surface area contributed by atoms with Gasteiger partial charge in [-0.3, -0.25) is 4.79 Å². The molecule has 0 aliphatic rings. The van der Waals surface area contributed by atoms with Crippen LogP contribution in [0.5, 0.6) is 0 Å². The molecule has 0 spiro atoms. The highest BCUT2D eigenvalue weighted by atomic mass is 32.1. The number of anilines is 3. The largest absolute Gasteiger partial charge is 0.382 e. The van der Waals surface area contributed by atoms with E-state index in [-0.39, 0.29) is 18.3 Å². The van der Waals surface area contributed by atoms with Gasteiger partial charge < -0.3 is 16.4 Å². The number of aryl methyl sites for hydroxylation is 1. The van der Waals surface area contributed by atoms with Crippen molar-refractivity contribution in [2.45, 2.75) is 13.5 Å². The maximum atomic E-state index is 14.0. The van der Waals surface area contributed by atoms with E-state index in [1.807, 2.05) is 13.0 Å². The Morgan fingerprint density at radius 3 is 2.84 bits per heavy atom. The number of carbonyl (C=O) groups is 1. The third-order valence-corrected chi connectivity index (χ3v) is 4.58. The van der Waals surface area contributed by atoms with Crippen LogP contribution < -0.4 is 16.4 Å². The summed E-state index contributed by atoms with van der Waals surface area (Å²) in [5.41, 5.74) is 7.35. The molecule has 1 aromatic carbocycles. The third-order valence-electron chi connectivity index (χ3n) is 3.58. The van der Waals surface area contributed by atoms with E-state index in [9.17, 15) is 9.18 Å². The van der Waals surface area contributed by atoms with Crippen molar-refractivity contribution in [1.82, 2.24) is 4.98 Å². The maximum Gasteiger partial charge on any atom is 0.265 e. The summed E-state index contributed by atoms with van der Waals surface area (Å²) in [6, 6.07) is 11.6. The number of pyridine rings is 1. The fourth-order valence-electron chi connectivity index (χ4n) is 2.29. The number of carbonyl (C=O) groups excluding carboxylic acids is 1. The van der Waals surface area contributed by atoms with Crippen molar-refractivity contribution < 1.29 is 9.18 Å². The lowest BCUT2D eigenvalue weighted by atomic mass is 10.1. The molecule has 1 amide bonds. The molecule has 25 heavy (non-hydrogen) atoms. The van der Waals surface area contributed by atoms with Crippen LogP contribution in [-0.4, -0.2) is 10.9 Å². The summed E-state index contributed by atoms with van der Waals surface area (Å²) < 4.78 is 14.0. The van der Waals surface area contributed by atoms with Crippen molar-refractivity contribution >= 4 is 34.4 Å². The summed E-state index contributed by atoms with van der Waals surface area (Å²) in [7, 11) is 0. The quantitative estimate of drug-likeness (QED) is 0.645. The second kappa shape index (κ2) is 7.31. The molecule has 3 rings (SSSR count). The van der Waals surface area contributed by atoms with Gasteiger partial charge in [-0.2, -0.15) is 0 Å². The Bertz CT molecular complexity index is 910. The normalized spacial score (nSPS) is 10.5. The molecule has 4 N–H and O–H groups in total. The van der Waals surface area contributed by atoms with Gasteiger partial charge in [0, 0.05) is 28.9 Å². The minimum Gasteiger partial charge on any atom is -0.382 e. The van der Waals surface area contributed by atoms with Gasteiger partial charge in [-0.1, -0.05) is 0 Å². The second-order valence-corrected chi connectivity index (χ2v) is 6.75. The average molecular weight is 356 g/mol. The molecule has 0 saturated carbocycles. The molecule has 2 aromatic heterocycles. The number of amides is 1. The van der Waals surface area contributed by atoms with E-state index in [2.05, 4.69) is 15.6 Å². The zero-order chi connectivity index (χ0) is 17.8. The number of aromatic nitrogens is 1. The van der Waals surface area contributed by atoms with Crippen molar-refractivity contribution in [1.29, 1.82) is 0 Å². The molecular formula is C18H17FN4OS. The van der Waals surface area contributed by atoms with Crippen LogP contribution in [0.25, 0.3) is 0 Å². The van der Waals surface area contributed by atoms with Crippen LogP contribution in [0, 0.1) is 12.7 Å². The first kappa shape index (κ1) is 16.9. The number of nitrogens with one attached hydrogen (secondary N) is 2. The van der Waals surface area contributed by atoms with E-state index in [1.54, 1.807) is 30.5 Å². The summed E-state index contributed by atoms with van der Waals surface area (Å²) in [5.74, 6) is -0.222. The summed E-state index contributed by atoms with van der Waals surface area (Å²) in [6.45, 7) is 2.16. The molecule has 0 aliphatic heterocycles. The van der Waals surface area contributed by atoms with E-state index >= 15 is 0 Å². The first-order valence-corrected chi connectivity index (χ1v) is 8.45. The molecule has 7 heteroatoms. The number of halogens is 1. The molecule has 5 nitrogen and oxygen atoms in total. The van der Waals surface area contributed by atoms with Crippen molar-refractivity contribution in [3.63, 3.8) is 0 Å². The summed E-state index contributed by atoms with van der Waals surface area (Å²) in [6.07, 6.45) is 1.59. The van der Waals surface area contributed by atoms with Gasteiger partial charge in [-0.15, -0.1) is 11.3 Å². The van der Waals surface area contributed by atoms with Gasteiger partial charge in [-0.25, -0.2) is 9.37 Å². The molecular weight excluding hydrogens is 339 g/mol. The summed E-state index contributed by atoms with van der Waals surface area (Å²) >= 11 is 1.41. The number of thiophene rings is 1. The molecule has 128 valence electrons. The number of benzene rings is 1. The zero-order valence-electron chi connectivity index (χ0n) is 13.5. The molecule has 0 atom stereocenters. The number of nitrogens with two attached hydrogens (primary N) is 1. The predicted octanol–water partition coefficient (Wildman–Crippen LogP) is 4.04. The van der Waals surface area contributed by atoms with Crippen molar-refractivity contribution in [3.8, 4) is 0 Å². The van der Waals surface area contributed by atoms with E-state index in [1.165, 1.54) is 23.5 Å². The smallest absolute Gasteiger partial charge is 0.265 e. The number of nitrogens with zero attached hydrogens (tertiary/aromatic N) is 1. The topological polar surface area (TPSA) is 80.0 Å². The fourth-order valence-corrected chi connectivity index (χ4v) is 3.06. The number of hydrogen-bond acceptors (Lipinski definition) is 5. The lowest BCUT2D eigenvalue weighted by Crippen LogP contribution is -2.11. The Labute approximate surface area is 148 Å². The van der Waals surface area contributed by atoms with E-state index < -0.39 is 0 Å². The van der Waals surface area contributed by atoms with Crippen molar-refractivity contribution in [2.75, 3.05) is 16.4 Å². The minimum absolute atomic E-state index is 0.208. The Kier molecular flexibility index (Phi) is 4.95. The van der Waals surface area contributed by atoms with E-state index in [4.69, 9.17) is 5.73 Å². The summed E-state index contributed by atoms with van der Waals surface area (Å²) in [5, 5.41) is 5.84. The van der Waals surface area contributed by atoms with Gasteiger partial charge in [0.2, 0.25) is 0 Å². The molecule has 0 unspecified atom stereocenters. The van der Waals surface area contributed by atoms with Gasteiger partial charge in [0.1, 0.15) is 11.6 Å². The standard InChI is InChI=1S/C18H17FN4OS/c1-11-4-7-16(25-11)18(24)23-13-5-6-14(19)12(9-13)10-22-15-3-2-8-21-17(15)20/h2-9,22H,10H2,1H3,(H2,20,21)(H,23,24). The minimum atomic E-state index is -0.361. The lowest BCUT2D eigenvalue weighted by Gasteiger charge is -2.11. The molecule has 0 radical (unpaired) electrons. The zero-order valence-corrected chi connectivity index (χ0v) is 14.4. The highest BCUT2D eigenvalue weighted by Crippen LogP contribution is 2.21. The van der Waals surface area contributed by atoms with Crippen LogP contribution >= 0.6 is 11.3 Å². The highest BCUT2D eigenvalue weighted by molar-refractivity contribution is 7.14. The lowest BCUT2D eigenvalue weighted by molar-refractivity contribution is 0.103. The molecule has 0 fully saturated rings. The van der Waals surface area contributed by atoms with Gasteiger partial charge in [0.15, 0.2) is 0 Å². The average Bonchev–Trinajstić information content (AvgIpc) is 3.03. The highest BCUT2D eigenvalue weighted by Gasteiger charge is 2.10. The molecule has 2 heterocycles. The number of rotatable bonds is 5. The van der Waals surface area contributed by atoms with Gasteiger partial charge >= 0.3 is 0 Å². The van der Waals surface area contributed by atoms with Crippen molar-refractivity contribution in [2.24, 2.45) is 0 Å². The Morgan fingerprint density at radius 1 is 1.28 bits per heavy atom. The Hall–Kier alpha value is -2.93. The maximum absolute atomic E-state index is 14.0.